The molecular formula is C28H31Br2N5O5. The summed E-state index contributed by atoms with van der Waals surface area (Å²) in [4.78, 5) is 51.0. The van der Waals surface area contributed by atoms with Gasteiger partial charge < -0.3 is 9.47 Å². The van der Waals surface area contributed by atoms with Gasteiger partial charge in [0.05, 0.1) is 16.8 Å². The molecule has 1 aromatic carbocycles. The Morgan fingerprint density at radius 1 is 1.05 bits per heavy atom. The van der Waals surface area contributed by atoms with Gasteiger partial charge in [-0.2, -0.15) is 0 Å². The average Bonchev–Trinajstić information content (AvgIpc) is 2.91. The zero-order valence-electron chi connectivity index (χ0n) is 22.9. The maximum Gasteiger partial charge on any atom is 0.332 e. The summed E-state index contributed by atoms with van der Waals surface area (Å²) in [5.74, 6) is 0.472. The lowest BCUT2D eigenvalue weighted by molar-refractivity contribution is -0.141. The summed E-state index contributed by atoms with van der Waals surface area (Å²) in [6.45, 7) is 6.21. The Morgan fingerprint density at radius 2 is 1.82 bits per heavy atom. The number of halogens is 2. The third kappa shape index (κ3) is 6.60. The third-order valence-corrected chi connectivity index (χ3v) is 7.62. The first-order valence-electron chi connectivity index (χ1n) is 13.1. The van der Waals surface area contributed by atoms with Crippen molar-refractivity contribution in [2.75, 3.05) is 6.61 Å². The van der Waals surface area contributed by atoms with Crippen LogP contribution in [0.1, 0.15) is 51.4 Å². The molecule has 0 saturated carbocycles. The predicted octanol–water partition coefficient (Wildman–Crippen LogP) is 5.07. The van der Waals surface area contributed by atoms with Crippen LogP contribution in [-0.4, -0.2) is 36.7 Å². The number of ether oxygens (including phenoxy) is 2. The summed E-state index contributed by atoms with van der Waals surface area (Å²) in [5, 5.41) is 1.76. The van der Waals surface area contributed by atoms with Gasteiger partial charge in [-0.1, -0.05) is 29.8 Å². The molecule has 0 N–H and O–H groups in total. The first kappa shape index (κ1) is 29.9. The van der Waals surface area contributed by atoms with E-state index in [4.69, 9.17) is 19.4 Å². The molecular weight excluding hydrogens is 646 g/mol. The minimum absolute atomic E-state index is 0.0778. The van der Waals surface area contributed by atoms with Crippen LogP contribution < -0.4 is 16.0 Å². The lowest BCUT2D eigenvalue weighted by atomic mass is 10.1. The van der Waals surface area contributed by atoms with Crippen molar-refractivity contribution in [3.05, 3.63) is 65.7 Å². The molecule has 0 radical (unpaired) electrons. The Hall–Kier alpha value is -3.12. The molecule has 0 aliphatic carbocycles. The van der Waals surface area contributed by atoms with Gasteiger partial charge in [0, 0.05) is 48.2 Å². The van der Waals surface area contributed by atoms with Crippen LogP contribution in [0.15, 0.2) is 43.1 Å². The number of benzene rings is 1. The van der Waals surface area contributed by atoms with Crippen LogP contribution in [0.2, 0.25) is 0 Å². The number of carbonyl (C=O) groups is 1. The van der Waals surface area contributed by atoms with Crippen molar-refractivity contribution in [1.82, 2.24) is 24.1 Å². The largest absolute Gasteiger partial charge is 0.485 e. The number of esters is 1. The topological polar surface area (TPSA) is 118 Å². The number of aromatic nitrogens is 5. The Morgan fingerprint density at radius 3 is 2.55 bits per heavy atom. The lowest BCUT2D eigenvalue weighted by Gasteiger charge is -2.17. The van der Waals surface area contributed by atoms with E-state index in [1.807, 2.05) is 26.0 Å². The summed E-state index contributed by atoms with van der Waals surface area (Å²) >= 11 is 7.18. The van der Waals surface area contributed by atoms with Gasteiger partial charge in [-0.25, -0.2) is 14.8 Å². The van der Waals surface area contributed by atoms with Crippen LogP contribution in [0.5, 0.6) is 5.75 Å². The van der Waals surface area contributed by atoms with E-state index in [9.17, 15) is 14.4 Å². The number of unbranched alkanes of at least 4 members (excludes halogenated alkanes) is 2. The summed E-state index contributed by atoms with van der Waals surface area (Å²) in [7, 11) is 1.46. The van der Waals surface area contributed by atoms with E-state index in [0.717, 1.165) is 37.1 Å². The van der Waals surface area contributed by atoms with Crippen LogP contribution in [0.4, 0.5) is 0 Å². The second kappa shape index (κ2) is 13.0. The molecule has 0 saturated heterocycles. The van der Waals surface area contributed by atoms with Crippen LogP contribution >= 0.6 is 31.9 Å². The molecule has 0 aliphatic heterocycles. The quantitative estimate of drug-likeness (QED) is 0.160. The van der Waals surface area contributed by atoms with Crippen LogP contribution in [0, 0.1) is 5.92 Å². The smallest absolute Gasteiger partial charge is 0.332 e. The Labute approximate surface area is 248 Å². The Balaban J connectivity index is 1.75. The van der Waals surface area contributed by atoms with Crippen molar-refractivity contribution >= 4 is 59.8 Å². The highest BCUT2D eigenvalue weighted by Crippen LogP contribution is 2.38. The summed E-state index contributed by atoms with van der Waals surface area (Å²) in [6, 6.07) is 3.78. The molecule has 4 rings (SSSR count). The standard InChI is InChI=1S/C28H31Br2N5O5/c1-16(2)14-35-26-24(27(37)34(4)28(35)38)32-22(8-6-5-7-11-39-17(3)36)23(33-26)15-40-25-18-9-10-31-13-19(18)20(29)12-21(25)30/h9-10,12-13,16H,5-8,11,14-15H2,1-4H3. The zero-order valence-corrected chi connectivity index (χ0v) is 26.0. The molecule has 0 aliphatic rings. The maximum absolute atomic E-state index is 13.1. The SMILES string of the molecule is CC(=O)OCCCCCc1nc2c(=O)n(C)c(=O)n(CC(C)C)c2nc1COc1c(Br)cc(Br)c2cnccc12. The van der Waals surface area contributed by atoms with E-state index in [2.05, 4.69) is 36.8 Å². The van der Waals surface area contributed by atoms with E-state index in [0.29, 0.717) is 43.1 Å². The predicted molar refractivity (Wildman–Crippen MR) is 160 cm³/mol. The molecule has 10 nitrogen and oxygen atoms in total. The van der Waals surface area contributed by atoms with Gasteiger partial charge in [-0.3, -0.25) is 23.7 Å². The van der Waals surface area contributed by atoms with Crippen molar-refractivity contribution in [2.24, 2.45) is 13.0 Å². The third-order valence-electron chi connectivity index (χ3n) is 6.37. The van der Waals surface area contributed by atoms with Crippen LogP contribution in [0.3, 0.4) is 0 Å². The molecule has 3 aromatic heterocycles. The fourth-order valence-corrected chi connectivity index (χ4v) is 5.84. The van der Waals surface area contributed by atoms with Gasteiger partial charge in [-0.05, 0) is 59.7 Å². The number of hydrogen-bond donors (Lipinski definition) is 0. The van der Waals surface area contributed by atoms with Crippen LogP contribution in [-0.2, 0) is 36.2 Å². The van der Waals surface area contributed by atoms with E-state index in [1.54, 1.807) is 12.4 Å². The molecule has 4 aromatic rings. The molecule has 0 unspecified atom stereocenters. The van der Waals surface area contributed by atoms with Crippen molar-refractivity contribution in [1.29, 1.82) is 0 Å². The normalized spacial score (nSPS) is 11.5. The van der Waals surface area contributed by atoms with Crippen LogP contribution in [0.25, 0.3) is 21.9 Å². The van der Waals surface area contributed by atoms with Gasteiger partial charge in [0.1, 0.15) is 18.1 Å². The van der Waals surface area contributed by atoms with Crippen molar-refractivity contribution in [3.8, 4) is 5.75 Å². The highest BCUT2D eigenvalue weighted by Gasteiger charge is 2.20. The number of nitrogens with zero attached hydrogens (tertiary/aromatic N) is 5. The molecule has 0 bridgehead atoms. The fraction of sp³-hybridized carbons (Fsp3) is 0.429. The first-order valence-corrected chi connectivity index (χ1v) is 14.6. The zero-order chi connectivity index (χ0) is 29.0. The van der Waals surface area contributed by atoms with Gasteiger partial charge in [0.15, 0.2) is 11.2 Å². The van der Waals surface area contributed by atoms with E-state index >= 15 is 0 Å². The maximum atomic E-state index is 13.1. The molecule has 12 heteroatoms. The number of rotatable bonds is 11. The van der Waals surface area contributed by atoms with Gasteiger partial charge in [0.25, 0.3) is 5.56 Å². The minimum atomic E-state index is -0.481. The monoisotopic (exact) mass is 675 g/mol. The molecule has 0 spiro atoms. The lowest BCUT2D eigenvalue weighted by Crippen LogP contribution is -2.40. The molecule has 0 amide bonds. The van der Waals surface area contributed by atoms with E-state index in [1.165, 1.54) is 18.5 Å². The van der Waals surface area contributed by atoms with Gasteiger partial charge in [0.2, 0.25) is 0 Å². The summed E-state index contributed by atoms with van der Waals surface area (Å²) in [6.07, 6.45) is 6.26. The molecule has 3 heterocycles. The van der Waals surface area contributed by atoms with Gasteiger partial charge >= 0.3 is 11.7 Å². The second-order valence-electron chi connectivity index (χ2n) is 9.97. The minimum Gasteiger partial charge on any atom is -0.485 e. The van der Waals surface area contributed by atoms with Gasteiger partial charge in [-0.15, -0.1) is 0 Å². The Bertz CT molecular complexity index is 1680. The van der Waals surface area contributed by atoms with Crippen molar-refractivity contribution < 1.29 is 14.3 Å². The number of carbonyl (C=O) groups excluding carboxylic acids is 1. The molecule has 0 atom stereocenters. The van der Waals surface area contributed by atoms with Crippen molar-refractivity contribution in [3.63, 3.8) is 0 Å². The summed E-state index contributed by atoms with van der Waals surface area (Å²) < 4.78 is 15.6. The highest BCUT2D eigenvalue weighted by atomic mass is 79.9. The number of fused-ring (bicyclic) bond motifs is 2. The van der Waals surface area contributed by atoms with Crippen molar-refractivity contribution in [2.45, 2.75) is 59.6 Å². The highest BCUT2D eigenvalue weighted by molar-refractivity contribution is 9.11. The Kier molecular flexibility index (Phi) is 9.72. The number of pyridine rings is 1. The number of hydrogen-bond acceptors (Lipinski definition) is 8. The fourth-order valence-electron chi connectivity index (χ4n) is 4.43. The molecule has 212 valence electrons. The number of aryl methyl sites for hydroxylation is 1. The second-order valence-corrected chi connectivity index (χ2v) is 11.7. The van der Waals surface area contributed by atoms with E-state index < -0.39 is 11.2 Å². The summed E-state index contributed by atoms with van der Waals surface area (Å²) in [5.41, 5.74) is 0.677. The molecule has 40 heavy (non-hydrogen) atoms. The average molecular weight is 677 g/mol. The molecule has 0 fully saturated rings. The van der Waals surface area contributed by atoms with E-state index in [-0.39, 0.29) is 29.7 Å². The first-order chi connectivity index (χ1) is 19.1.